The summed E-state index contributed by atoms with van der Waals surface area (Å²) < 4.78 is 0. The third-order valence-electron chi connectivity index (χ3n) is 3.23. The number of carbonyl (C=O) groups excluding carboxylic acids is 1. The van der Waals surface area contributed by atoms with E-state index in [2.05, 4.69) is 48.4 Å². The monoisotopic (exact) mass is 277 g/mol. The Labute approximate surface area is 122 Å². The van der Waals surface area contributed by atoms with Crippen molar-refractivity contribution in [3.05, 3.63) is 24.3 Å². The maximum Gasteiger partial charge on any atom is 0.225 e. The van der Waals surface area contributed by atoms with E-state index < -0.39 is 0 Å². The average molecular weight is 277 g/mol. The van der Waals surface area contributed by atoms with Crippen molar-refractivity contribution in [2.45, 2.75) is 40.2 Å². The lowest BCUT2D eigenvalue weighted by Gasteiger charge is -2.27. The fraction of sp³-hybridized carbons (Fsp3) is 0.562. The van der Waals surface area contributed by atoms with E-state index in [1.807, 2.05) is 19.1 Å². The molecule has 4 nitrogen and oxygen atoms in total. The second-order valence-corrected chi connectivity index (χ2v) is 5.08. The molecule has 0 saturated heterocycles. The fourth-order valence-corrected chi connectivity index (χ4v) is 2.18. The van der Waals surface area contributed by atoms with Gasteiger partial charge in [-0.1, -0.05) is 6.92 Å². The van der Waals surface area contributed by atoms with Gasteiger partial charge < -0.3 is 15.5 Å². The zero-order valence-corrected chi connectivity index (χ0v) is 13.1. The smallest absolute Gasteiger partial charge is 0.225 e. The number of rotatable bonds is 8. The van der Waals surface area contributed by atoms with E-state index in [-0.39, 0.29) is 5.91 Å². The number of hydrogen-bond donors (Lipinski definition) is 2. The van der Waals surface area contributed by atoms with Crippen LogP contribution in [0.4, 0.5) is 11.4 Å². The van der Waals surface area contributed by atoms with Crippen molar-refractivity contribution in [2.75, 3.05) is 29.9 Å². The molecule has 2 N–H and O–H groups in total. The first kappa shape index (κ1) is 16.5. The second-order valence-electron chi connectivity index (χ2n) is 5.08. The highest BCUT2D eigenvalue weighted by atomic mass is 16.1. The molecular formula is C16H27N3O. The van der Waals surface area contributed by atoms with Crippen molar-refractivity contribution in [2.24, 2.45) is 0 Å². The Balaban J connectivity index is 2.56. The minimum Gasteiger partial charge on any atom is -0.369 e. The van der Waals surface area contributed by atoms with Gasteiger partial charge in [0.15, 0.2) is 0 Å². The van der Waals surface area contributed by atoms with Gasteiger partial charge >= 0.3 is 0 Å². The summed E-state index contributed by atoms with van der Waals surface area (Å²) in [5.74, 6) is 0.0508. The molecule has 1 aromatic rings. The molecule has 0 spiro atoms. The molecular weight excluding hydrogens is 250 g/mol. The van der Waals surface area contributed by atoms with Crippen molar-refractivity contribution >= 4 is 17.3 Å². The summed E-state index contributed by atoms with van der Waals surface area (Å²) in [5, 5.41) is 6.06. The summed E-state index contributed by atoms with van der Waals surface area (Å²) in [6.45, 7) is 11.1. The first-order valence-corrected chi connectivity index (χ1v) is 7.45. The first-order chi connectivity index (χ1) is 9.58. The number of amides is 1. The van der Waals surface area contributed by atoms with Crippen LogP contribution in [0.15, 0.2) is 24.3 Å². The Morgan fingerprint density at radius 2 is 1.85 bits per heavy atom. The van der Waals surface area contributed by atoms with Crippen LogP contribution in [-0.4, -0.2) is 31.6 Å². The van der Waals surface area contributed by atoms with Gasteiger partial charge in [-0.3, -0.25) is 4.79 Å². The molecule has 112 valence electrons. The molecule has 4 heteroatoms. The van der Waals surface area contributed by atoms with Crippen molar-refractivity contribution in [3.8, 4) is 0 Å². The Morgan fingerprint density at radius 1 is 1.20 bits per heavy atom. The van der Waals surface area contributed by atoms with Crippen molar-refractivity contribution in [3.63, 3.8) is 0 Å². The predicted octanol–water partition coefficient (Wildman–Crippen LogP) is 2.86. The molecule has 1 rings (SSSR count). The number of benzene rings is 1. The molecule has 0 saturated carbocycles. The Hall–Kier alpha value is -1.55. The number of hydrogen-bond acceptors (Lipinski definition) is 3. The van der Waals surface area contributed by atoms with Crippen molar-refractivity contribution in [1.29, 1.82) is 0 Å². The summed E-state index contributed by atoms with van der Waals surface area (Å²) in [7, 11) is 0. The molecule has 0 aromatic heterocycles. The average Bonchev–Trinajstić information content (AvgIpc) is 2.41. The minimum atomic E-state index is 0.0508. The van der Waals surface area contributed by atoms with Gasteiger partial charge in [0.2, 0.25) is 5.91 Å². The van der Waals surface area contributed by atoms with Gasteiger partial charge in [-0.05, 0) is 51.6 Å². The fourth-order valence-electron chi connectivity index (χ4n) is 2.18. The largest absolute Gasteiger partial charge is 0.369 e. The van der Waals surface area contributed by atoms with Crippen LogP contribution in [0.25, 0.3) is 0 Å². The third-order valence-corrected chi connectivity index (χ3v) is 3.23. The summed E-state index contributed by atoms with van der Waals surface area (Å²) in [6.07, 6.45) is 0.503. The van der Waals surface area contributed by atoms with E-state index >= 15 is 0 Å². The topological polar surface area (TPSA) is 44.4 Å². The standard InChI is InChI=1S/C16H27N3O/c1-5-17-12-11-16(20)18-14-7-9-15(10-8-14)19(6-2)13(3)4/h7-10,13,17H,5-6,11-12H2,1-4H3,(H,18,20). The molecule has 0 fully saturated rings. The summed E-state index contributed by atoms with van der Waals surface area (Å²) in [5.41, 5.74) is 2.04. The zero-order valence-electron chi connectivity index (χ0n) is 13.1. The highest BCUT2D eigenvalue weighted by molar-refractivity contribution is 5.91. The molecule has 0 radical (unpaired) electrons. The highest BCUT2D eigenvalue weighted by Crippen LogP contribution is 2.19. The van der Waals surface area contributed by atoms with Gasteiger partial charge in [0.25, 0.3) is 0 Å². The summed E-state index contributed by atoms with van der Waals surface area (Å²) in [4.78, 5) is 14.0. The molecule has 20 heavy (non-hydrogen) atoms. The van der Waals surface area contributed by atoms with Gasteiger partial charge in [-0.25, -0.2) is 0 Å². The van der Waals surface area contributed by atoms with Crippen LogP contribution in [0.2, 0.25) is 0 Å². The number of anilines is 2. The van der Waals surface area contributed by atoms with Crippen LogP contribution in [0.1, 0.15) is 34.1 Å². The molecule has 1 aromatic carbocycles. The Kier molecular flexibility index (Phi) is 7.09. The molecule has 0 aliphatic heterocycles. The molecule has 0 aliphatic rings. The number of carbonyl (C=O) groups is 1. The normalized spacial score (nSPS) is 10.7. The van der Waals surface area contributed by atoms with Gasteiger partial charge in [-0.2, -0.15) is 0 Å². The minimum absolute atomic E-state index is 0.0508. The van der Waals surface area contributed by atoms with Gasteiger partial charge in [-0.15, -0.1) is 0 Å². The van der Waals surface area contributed by atoms with Crippen LogP contribution in [0.3, 0.4) is 0 Å². The third kappa shape index (κ3) is 5.21. The van der Waals surface area contributed by atoms with Crippen LogP contribution in [0, 0.1) is 0 Å². The SMILES string of the molecule is CCNCCC(=O)Nc1ccc(N(CC)C(C)C)cc1. The number of nitrogens with zero attached hydrogens (tertiary/aromatic N) is 1. The zero-order chi connectivity index (χ0) is 15.0. The summed E-state index contributed by atoms with van der Waals surface area (Å²) >= 11 is 0. The highest BCUT2D eigenvalue weighted by Gasteiger charge is 2.08. The van der Waals surface area contributed by atoms with E-state index in [0.717, 1.165) is 25.3 Å². The molecule has 0 atom stereocenters. The van der Waals surface area contributed by atoms with Gasteiger partial charge in [0.1, 0.15) is 0 Å². The predicted molar refractivity (Wildman–Crippen MR) is 86.4 cm³/mol. The summed E-state index contributed by atoms with van der Waals surface area (Å²) in [6, 6.07) is 8.52. The number of nitrogens with one attached hydrogen (secondary N) is 2. The van der Waals surface area contributed by atoms with E-state index in [9.17, 15) is 4.79 Å². The van der Waals surface area contributed by atoms with E-state index in [1.54, 1.807) is 0 Å². The maximum absolute atomic E-state index is 11.7. The Bertz CT molecular complexity index is 401. The van der Waals surface area contributed by atoms with Crippen LogP contribution >= 0.6 is 0 Å². The molecule has 0 heterocycles. The molecule has 0 unspecified atom stereocenters. The lowest BCUT2D eigenvalue weighted by atomic mass is 10.2. The lowest BCUT2D eigenvalue weighted by Crippen LogP contribution is -2.30. The van der Waals surface area contributed by atoms with Crippen LogP contribution < -0.4 is 15.5 Å². The van der Waals surface area contributed by atoms with Crippen molar-refractivity contribution in [1.82, 2.24) is 5.32 Å². The van der Waals surface area contributed by atoms with Crippen LogP contribution in [0.5, 0.6) is 0 Å². The molecule has 0 bridgehead atoms. The lowest BCUT2D eigenvalue weighted by molar-refractivity contribution is -0.116. The first-order valence-electron chi connectivity index (χ1n) is 7.45. The second kappa shape index (κ2) is 8.59. The van der Waals surface area contributed by atoms with E-state index in [0.29, 0.717) is 12.5 Å². The van der Waals surface area contributed by atoms with E-state index in [1.165, 1.54) is 5.69 Å². The van der Waals surface area contributed by atoms with Gasteiger partial charge in [0.05, 0.1) is 0 Å². The van der Waals surface area contributed by atoms with Crippen molar-refractivity contribution < 1.29 is 4.79 Å². The Morgan fingerprint density at radius 3 is 2.35 bits per heavy atom. The molecule has 1 amide bonds. The molecule has 0 aliphatic carbocycles. The van der Waals surface area contributed by atoms with Gasteiger partial charge in [0, 0.05) is 36.9 Å². The maximum atomic E-state index is 11.7. The van der Waals surface area contributed by atoms with Crippen LogP contribution in [-0.2, 0) is 4.79 Å². The van der Waals surface area contributed by atoms with E-state index in [4.69, 9.17) is 0 Å². The quantitative estimate of drug-likeness (QED) is 0.718.